The van der Waals surface area contributed by atoms with Crippen molar-refractivity contribution in [1.82, 2.24) is 10.1 Å². The van der Waals surface area contributed by atoms with Gasteiger partial charge in [0.05, 0.1) is 5.92 Å². The lowest BCUT2D eigenvalue weighted by Gasteiger charge is -2.20. The van der Waals surface area contributed by atoms with Gasteiger partial charge in [-0.3, -0.25) is 0 Å². The van der Waals surface area contributed by atoms with Crippen LogP contribution in [0.1, 0.15) is 56.9 Å². The quantitative estimate of drug-likeness (QED) is 0.884. The molecule has 0 amide bonds. The third-order valence-electron chi connectivity index (χ3n) is 3.60. The van der Waals surface area contributed by atoms with E-state index in [1.165, 1.54) is 0 Å². The van der Waals surface area contributed by atoms with Gasteiger partial charge < -0.3 is 15.0 Å². The van der Waals surface area contributed by atoms with Crippen LogP contribution in [-0.2, 0) is 10.3 Å². The molecular formula is C16H23N3O2. The first kappa shape index (κ1) is 15.7. The number of benzene rings is 1. The van der Waals surface area contributed by atoms with E-state index in [0.717, 1.165) is 5.56 Å². The zero-order chi connectivity index (χ0) is 15.5. The minimum Gasteiger partial charge on any atom is -0.368 e. The first-order valence-electron chi connectivity index (χ1n) is 7.24. The molecule has 2 unspecified atom stereocenters. The molecule has 2 rings (SSSR count). The van der Waals surface area contributed by atoms with Gasteiger partial charge in [-0.25, -0.2) is 0 Å². The van der Waals surface area contributed by atoms with Gasteiger partial charge in [0.1, 0.15) is 5.60 Å². The smallest absolute Gasteiger partial charge is 0.231 e. The Hall–Kier alpha value is -1.72. The largest absolute Gasteiger partial charge is 0.368 e. The maximum absolute atomic E-state index is 6.29. The summed E-state index contributed by atoms with van der Waals surface area (Å²) in [5.74, 6) is 1.02. The second-order valence-electron chi connectivity index (χ2n) is 5.62. The van der Waals surface area contributed by atoms with Gasteiger partial charge in [-0.1, -0.05) is 42.4 Å². The Morgan fingerprint density at radius 2 is 1.95 bits per heavy atom. The molecule has 5 heteroatoms. The Morgan fingerprint density at radius 3 is 2.57 bits per heavy atom. The zero-order valence-corrected chi connectivity index (χ0v) is 13.0. The van der Waals surface area contributed by atoms with Crippen molar-refractivity contribution in [1.29, 1.82) is 0 Å². The molecule has 0 bridgehead atoms. The molecule has 114 valence electrons. The maximum atomic E-state index is 6.29. The number of nitrogens with two attached hydrogens (primary N) is 1. The Kier molecular flexibility index (Phi) is 4.75. The zero-order valence-electron chi connectivity index (χ0n) is 13.0. The average molecular weight is 289 g/mol. The highest BCUT2D eigenvalue weighted by Crippen LogP contribution is 2.29. The number of ether oxygens (including phenoxy) is 1. The van der Waals surface area contributed by atoms with E-state index < -0.39 is 5.60 Å². The Labute approximate surface area is 125 Å². The van der Waals surface area contributed by atoms with Gasteiger partial charge in [0.25, 0.3) is 0 Å². The van der Waals surface area contributed by atoms with Crippen LogP contribution in [-0.4, -0.2) is 16.7 Å². The fourth-order valence-corrected chi connectivity index (χ4v) is 2.21. The second-order valence-corrected chi connectivity index (χ2v) is 5.62. The van der Waals surface area contributed by atoms with Crippen LogP contribution in [0, 0.1) is 0 Å². The molecule has 2 N–H and O–H groups in total. The molecule has 0 spiro atoms. The van der Waals surface area contributed by atoms with Gasteiger partial charge in [0, 0.05) is 12.6 Å². The number of rotatable bonds is 6. The fourth-order valence-electron chi connectivity index (χ4n) is 2.21. The summed E-state index contributed by atoms with van der Waals surface area (Å²) in [6.07, 6.45) is 0. The maximum Gasteiger partial charge on any atom is 0.231 e. The van der Waals surface area contributed by atoms with Crippen molar-refractivity contribution in [3.05, 3.63) is 47.6 Å². The first-order chi connectivity index (χ1) is 9.95. The SMILES string of the molecule is CCOC(C)(C)c1noc(C(C)C(N)c2ccccc2)n1. The topological polar surface area (TPSA) is 74.2 Å². The summed E-state index contributed by atoms with van der Waals surface area (Å²) in [5.41, 5.74) is 6.78. The van der Waals surface area contributed by atoms with Crippen LogP contribution >= 0.6 is 0 Å². The van der Waals surface area contributed by atoms with Crippen LogP contribution in [0.3, 0.4) is 0 Å². The first-order valence-corrected chi connectivity index (χ1v) is 7.24. The molecular weight excluding hydrogens is 266 g/mol. The van der Waals surface area contributed by atoms with E-state index >= 15 is 0 Å². The van der Waals surface area contributed by atoms with E-state index in [1.807, 2.05) is 58.0 Å². The van der Waals surface area contributed by atoms with Crippen molar-refractivity contribution in [2.75, 3.05) is 6.61 Å². The molecule has 1 heterocycles. The van der Waals surface area contributed by atoms with Crippen LogP contribution in [0.2, 0.25) is 0 Å². The van der Waals surface area contributed by atoms with E-state index in [0.29, 0.717) is 18.3 Å². The highest BCUT2D eigenvalue weighted by Gasteiger charge is 2.30. The molecule has 0 saturated heterocycles. The van der Waals surface area contributed by atoms with Crippen molar-refractivity contribution in [2.24, 2.45) is 5.73 Å². The van der Waals surface area contributed by atoms with E-state index in [1.54, 1.807) is 0 Å². The lowest BCUT2D eigenvalue weighted by atomic mass is 9.95. The van der Waals surface area contributed by atoms with Gasteiger partial charge in [-0.15, -0.1) is 0 Å². The van der Waals surface area contributed by atoms with Crippen LogP contribution in [0.15, 0.2) is 34.9 Å². The number of nitrogens with zero attached hydrogens (tertiary/aromatic N) is 2. The Balaban J connectivity index is 2.17. The molecule has 1 aromatic heterocycles. The van der Waals surface area contributed by atoms with Gasteiger partial charge in [-0.2, -0.15) is 4.98 Å². The van der Waals surface area contributed by atoms with Gasteiger partial charge in [-0.05, 0) is 26.3 Å². The summed E-state index contributed by atoms with van der Waals surface area (Å²) in [6, 6.07) is 9.73. The molecule has 0 aliphatic heterocycles. The van der Waals surface area contributed by atoms with Crippen molar-refractivity contribution in [2.45, 2.75) is 45.3 Å². The highest BCUT2D eigenvalue weighted by atomic mass is 16.5. The normalized spacial score (nSPS) is 14.9. The molecule has 0 fully saturated rings. The number of hydrogen-bond donors (Lipinski definition) is 1. The molecule has 21 heavy (non-hydrogen) atoms. The standard InChI is InChI=1S/C16H23N3O2/c1-5-20-16(3,4)15-18-14(21-19-15)11(2)13(17)12-9-7-6-8-10-12/h6-11,13H,5,17H2,1-4H3. The third-order valence-corrected chi connectivity index (χ3v) is 3.60. The lowest BCUT2D eigenvalue weighted by Crippen LogP contribution is -2.23. The molecule has 5 nitrogen and oxygen atoms in total. The molecule has 2 aromatic rings. The monoisotopic (exact) mass is 289 g/mol. The minimum atomic E-state index is -0.562. The van der Waals surface area contributed by atoms with Crippen LogP contribution in [0.4, 0.5) is 0 Å². The molecule has 2 atom stereocenters. The summed E-state index contributed by atoms with van der Waals surface area (Å²) in [4.78, 5) is 4.46. The molecule has 0 saturated carbocycles. The van der Waals surface area contributed by atoms with Gasteiger partial charge >= 0.3 is 0 Å². The van der Waals surface area contributed by atoms with Crippen LogP contribution in [0.5, 0.6) is 0 Å². The van der Waals surface area contributed by atoms with Crippen LogP contribution in [0.25, 0.3) is 0 Å². The second kappa shape index (κ2) is 6.37. The van der Waals surface area contributed by atoms with Crippen molar-refractivity contribution in [3.63, 3.8) is 0 Å². The van der Waals surface area contributed by atoms with Crippen molar-refractivity contribution in [3.8, 4) is 0 Å². The predicted octanol–water partition coefficient (Wildman–Crippen LogP) is 3.14. The summed E-state index contributed by atoms with van der Waals surface area (Å²) in [7, 11) is 0. The number of hydrogen-bond acceptors (Lipinski definition) is 5. The van der Waals surface area contributed by atoms with E-state index in [2.05, 4.69) is 10.1 Å². The molecule has 0 radical (unpaired) electrons. The van der Waals surface area contributed by atoms with Crippen molar-refractivity contribution < 1.29 is 9.26 Å². The fraction of sp³-hybridized carbons (Fsp3) is 0.500. The lowest BCUT2D eigenvalue weighted by molar-refractivity contribution is -0.0221. The average Bonchev–Trinajstić information content (AvgIpc) is 2.97. The molecule has 0 aliphatic rings. The summed E-state index contributed by atoms with van der Waals surface area (Å²) >= 11 is 0. The summed E-state index contributed by atoms with van der Waals surface area (Å²) in [6.45, 7) is 8.37. The summed E-state index contributed by atoms with van der Waals surface area (Å²) < 4.78 is 11.0. The highest BCUT2D eigenvalue weighted by molar-refractivity contribution is 5.21. The third kappa shape index (κ3) is 3.49. The van der Waals surface area contributed by atoms with E-state index in [9.17, 15) is 0 Å². The summed E-state index contributed by atoms with van der Waals surface area (Å²) in [5, 5.41) is 4.04. The number of aromatic nitrogens is 2. The van der Waals surface area contributed by atoms with E-state index in [-0.39, 0.29) is 12.0 Å². The predicted molar refractivity (Wildman–Crippen MR) is 80.7 cm³/mol. The molecule has 0 aliphatic carbocycles. The van der Waals surface area contributed by atoms with Gasteiger partial charge in [0.15, 0.2) is 0 Å². The van der Waals surface area contributed by atoms with E-state index in [4.69, 9.17) is 15.0 Å². The van der Waals surface area contributed by atoms with Crippen molar-refractivity contribution >= 4 is 0 Å². The van der Waals surface area contributed by atoms with Crippen LogP contribution < -0.4 is 5.73 Å². The van der Waals surface area contributed by atoms with Gasteiger partial charge in [0.2, 0.25) is 11.7 Å². The minimum absolute atomic E-state index is 0.0638. The Bertz CT molecular complexity index is 566. The molecule has 1 aromatic carbocycles. The Morgan fingerprint density at radius 1 is 1.29 bits per heavy atom.